The number of amides is 1. The highest BCUT2D eigenvalue weighted by Gasteiger charge is 2.24. The molecule has 1 heterocycles. The molecule has 8 nitrogen and oxygen atoms in total. The SMILES string of the molecule is COc1ccccc1N(C)S(=O)(=O)c1ccc(C(=O)NN2CC[NH+](C)CC2)cc1. The number of quaternary nitrogens is 1. The van der Waals surface area contributed by atoms with Crippen LogP contribution in [0.5, 0.6) is 5.75 Å². The average Bonchev–Trinajstić information content (AvgIpc) is 2.74. The fourth-order valence-corrected chi connectivity index (χ4v) is 4.37. The minimum absolute atomic E-state index is 0.102. The molecule has 0 saturated carbocycles. The van der Waals surface area contributed by atoms with Crippen molar-refractivity contribution in [3.63, 3.8) is 0 Å². The van der Waals surface area contributed by atoms with E-state index in [0.717, 1.165) is 26.2 Å². The van der Waals surface area contributed by atoms with Crippen molar-refractivity contribution in [2.24, 2.45) is 0 Å². The second-order valence-corrected chi connectivity index (χ2v) is 9.02. The Labute approximate surface area is 171 Å². The Hall–Kier alpha value is -2.62. The number of ether oxygens (including phenoxy) is 1. The lowest BCUT2D eigenvalue weighted by atomic mass is 10.2. The van der Waals surface area contributed by atoms with E-state index in [1.165, 1.54) is 47.6 Å². The molecule has 1 aliphatic heterocycles. The van der Waals surface area contributed by atoms with E-state index in [9.17, 15) is 13.2 Å². The molecule has 3 rings (SSSR count). The molecule has 1 amide bonds. The number of para-hydroxylation sites is 2. The van der Waals surface area contributed by atoms with Crippen molar-refractivity contribution in [3.05, 3.63) is 54.1 Å². The summed E-state index contributed by atoms with van der Waals surface area (Å²) in [5.74, 6) is 0.218. The third kappa shape index (κ3) is 4.69. The number of rotatable bonds is 6. The van der Waals surface area contributed by atoms with Gasteiger partial charge in [-0.2, -0.15) is 0 Å². The van der Waals surface area contributed by atoms with Gasteiger partial charge in [-0.05, 0) is 36.4 Å². The average molecular weight is 420 g/mol. The standard InChI is InChI=1S/C20H26N4O4S/c1-22-12-14-24(15-13-22)21-20(25)16-8-10-17(11-9-16)29(26,27)23(2)18-6-4-5-7-19(18)28-3/h4-11H,12-15H2,1-3H3,(H,21,25)/p+1. The number of carbonyl (C=O) groups excluding carboxylic acids is 1. The van der Waals surface area contributed by atoms with Crippen LogP contribution in [0.3, 0.4) is 0 Å². The molecule has 0 atom stereocenters. The molecule has 0 unspecified atom stereocenters. The first-order valence-electron chi connectivity index (χ1n) is 9.42. The number of nitrogens with one attached hydrogen (secondary N) is 2. The number of sulfonamides is 1. The summed E-state index contributed by atoms with van der Waals surface area (Å²) in [6, 6.07) is 12.9. The van der Waals surface area contributed by atoms with Crippen LogP contribution in [0.25, 0.3) is 0 Å². The molecule has 156 valence electrons. The van der Waals surface area contributed by atoms with Crippen molar-refractivity contribution in [2.45, 2.75) is 4.90 Å². The molecule has 0 spiro atoms. The van der Waals surface area contributed by atoms with Gasteiger partial charge in [0, 0.05) is 12.6 Å². The van der Waals surface area contributed by atoms with Crippen molar-refractivity contribution in [2.75, 3.05) is 51.7 Å². The van der Waals surface area contributed by atoms with E-state index in [1.807, 2.05) is 5.01 Å². The Morgan fingerprint density at radius 3 is 2.34 bits per heavy atom. The summed E-state index contributed by atoms with van der Waals surface area (Å²) in [7, 11) is 1.30. The smallest absolute Gasteiger partial charge is 0.265 e. The summed E-state index contributed by atoms with van der Waals surface area (Å²) < 4.78 is 32.4. The van der Waals surface area contributed by atoms with Gasteiger partial charge in [0.2, 0.25) is 0 Å². The topological polar surface area (TPSA) is 83.4 Å². The molecular formula is C20H27N4O4S+. The predicted molar refractivity (Wildman–Crippen MR) is 111 cm³/mol. The largest absolute Gasteiger partial charge is 0.495 e. The maximum Gasteiger partial charge on any atom is 0.265 e. The molecule has 2 N–H and O–H groups in total. The van der Waals surface area contributed by atoms with Crippen LogP contribution in [-0.2, 0) is 10.0 Å². The quantitative estimate of drug-likeness (QED) is 0.689. The maximum absolute atomic E-state index is 13.0. The predicted octanol–water partition coefficient (Wildman–Crippen LogP) is -0.00460. The zero-order valence-corrected chi connectivity index (χ0v) is 17.7. The zero-order valence-electron chi connectivity index (χ0n) is 16.9. The van der Waals surface area contributed by atoms with E-state index in [0.29, 0.717) is 17.0 Å². The molecule has 2 aromatic rings. The first-order chi connectivity index (χ1) is 13.8. The van der Waals surface area contributed by atoms with E-state index in [2.05, 4.69) is 12.5 Å². The second-order valence-electron chi connectivity index (χ2n) is 7.05. The fraction of sp³-hybridized carbons (Fsp3) is 0.350. The van der Waals surface area contributed by atoms with Crippen molar-refractivity contribution >= 4 is 21.6 Å². The van der Waals surface area contributed by atoms with Crippen LogP contribution in [0.4, 0.5) is 5.69 Å². The minimum Gasteiger partial charge on any atom is -0.495 e. The van der Waals surface area contributed by atoms with Gasteiger partial charge in [-0.1, -0.05) is 12.1 Å². The fourth-order valence-electron chi connectivity index (χ4n) is 3.16. The van der Waals surface area contributed by atoms with Gasteiger partial charge in [0.25, 0.3) is 15.9 Å². The minimum atomic E-state index is -3.79. The number of hydrogen-bond donors (Lipinski definition) is 2. The molecule has 1 aliphatic rings. The van der Waals surface area contributed by atoms with Crippen LogP contribution in [0.15, 0.2) is 53.4 Å². The number of hydrazine groups is 1. The monoisotopic (exact) mass is 419 g/mol. The lowest BCUT2D eigenvalue weighted by Crippen LogP contribution is -3.12. The van der Waals surface area contributed by atoms with Crippen LogP contribution in [0, 0.1) is 0 Å². The Morgan fingerprint density at radius 2 is 1.72 bits per heavy atom. The highest BCUT2D eigenvalue weighted by atomic mass is 32.2. The Kier molecular flexibility index (Phi) is 6.41. The Morgan fingerprint density at radius 1 is 1.10 bits per heavy atom. The van der Waals surface area contributed by atoms with Crippen molar-refractivity contribution in [3.8, 4) is 5.75 Å². The van der Waals surface area contributed by atoms with Gasteiger partial charge in [-0.3, -0.25) is 14.5 Å². The third-order valence-electron chi connectivity index (χ3n) is 5.08. The third-order valence-corrected chi connectivity index (χ3v) is 6.86. The van der Waals surface area contributed by atoms with Gasteiger partial charge < -0.3 is 9.64 Å². The Balaban J connectivity index is 1.74. The van der Waals surface area contributed by atoms with Crippen molar-refractivity contribution in [1.82, 2.24) is 10.4 Å². The van der Waals surface area contributed by atoms with Gasteiger partial charge in [-0.25, -0.2) is 13.4 Å². The molecule has 0 aliphatic carbocycles. The van der Waals surface area contributed by atoms with Crippen LogP contribution < -0.4 is 19.4 Å². The Bertz CT molecular complexity index is 955. The normalized spacial score (nSPS) is 15.7. The van der Waals surface area contributed by atoms with Crippen molar-refractivity contribution < 1.29 is 22.8 Å². The van der Waals surface area contributed by atoms with E-state index in [1.54, 1.807) is 24.3 Å². The first kappa shape index (κ1) is 21.1. The molecule has 1 saturated heterocycles. The van der Waals surface area contributed by atoms with Crippen molar-refractivity contribution in [1.29, 1.82) is 0 Å². The first-order valence-corrected chi connectivity index (χ1v) is 10.9. The summed E-state index contributed by atoms with van der Waals surface area (Å²) in [6.07, 6.45) is 0. The number of benzene rings is 2. The number of hydrogen-bond acceptors (Lipinski definition) is 5. The summed E-state index contributed by atoms with van der Waals surface area (Å²) in [6.45, 7) is 3.50. The highest BCUT2D eigenvalue weighted by Crippen LogP contribution is 2.30. The lowest BCUT2D eigenvalue weighted by Gasteiger charge is -2.30. The van der Waals surface area contributed by atoms with E-state index in [-0.39, 0.29) is 10.8 Å². The van der Waals surface area contributed by atoms with E-state index in [4.69, 9.17) is 4.74 Å². The maximum atomic E-state index is 13.0. The molecule has 29 heavy (non-hydrogen) atoms. The van der Waals surface area contributed by atoms with E-state index >= 15 is 0 Å². The van der Waals surface area contributed by atoms with Gasteiger partial charge in [0.1, 0.15) is 5.75 Å². The number of carbonyl (C=O) groups is 1. The van der Waals surface area contributed by atoms with Gasteiger partial charge in [0.15, 0.2) is 0 Å². The van der Waals surface area contributed by atoms with Crippen LogP contribution in [0.1, 0.15) is 10.4 Å². The number of nitrogens with zero attached hydrogens (tertiary/aromatic N) is 2. The highest BCUT2D eigenvalue weighted by molar-refractivity contribution is 7.92. The summed E-state index contributed by atoms with van der Waals surface area (Å²) in [5, 5.41) is 1.90. The summed E-state index contributed by atoms with van der Waals surface area (Å²) >= 11 is 0. The second kappa shape index (κ2) is 8.81. The number of piperazine rings is 1. The number of methoxy groups -OCH3 is 1. The number of anilines is 1. The van der Waals surface area contributed by atoms with Gasteiger partial charge >= 0.3 is 0 Å². The number of likely N-dealkylation sites (N-methyl/N-ethyl adjacent to an activating group) is 1. The molecule has 1 fully saturated rings. The molecule has 0 bridgehead atoms. The van der Waals surface area contributed by atoms with Gasteiger partial charge in [-0.15, -0.1) is 0 Å². The molecular weight excluding hydrogens is 392 g/mol. The van der Waals surface area contributed by atoms with Crippen LogP contribution in [-0.4, -0.2) is 66.7 Å². The molecule has 9 heteroatoms. The van der Waals surface area contributed by atoms with Crippen LogP contribution in [0.2, 0.25) is 0 Å². The molecule has 0 radical (unpaired) electrons. The van der Waals surface area contributed by atoms with E-state index < -0.39 is 10.0 Å². The zero-order chi connectivity index (χ0) is 21.0. The molecule has 2 aromatic carbocycles. The summed E-state index contributed by atoms with van der Waals surface area (Å²) in [4.78, 5) is 14.0. The molecule has 0 aromatic heterocycles. The van der Waals surface area contributed by atoms with Crippen LogP contribution >= 0.6 is 0 Å². The summed E-state index contributed by atoms with van der Waals surface area (Å²) in [5.41, 5.74) is 3.73. The van der Waals surface area contributed by atoms with Gasteiger partial charge in [0.05, 0.1) is 50.9 Å². The lowest BCUT2D eigenvalue weighted by molar-refractivity contribution is -0.884.